The first kappa shape index (κ1) is 13.4. The second kappa shape index (κ2) is 7.62. The molecule has 0 saturated heterocycles. The molecule has 0 aliphatic carbocycles. The number of para-hydroxylation sites is 1. The predicted octanol–water partition coefficient (Wildman–Crippen LogP) is 1.99. The summed E-state index contributed by atoms with van der Waals surface area (Å²) in [6, 6.07) is 6.98. The van der Waals surface area contributed by atoms with Crippen molar-refractivity contribution in [2.45, 2.75) is 19.8 Å². The lowest BCUT2D eigenvalue weighted by Crippen LogP contribution is -2.32. The van der Waals surface area contributed by atoms with Gasteiger partial charge in [0.25, 0.3) is 0 Å². The van der Waals surface area contributed by atoms with E-state index in [0.717, 1.165) is 19.4 Å². The lowest BCUT2D eigenvalue weighted by molar-refractivity contribution is 0.474. The summed E-state index contributed by atoms with van der Waals surface area (Å²) < 4.78 is 0. The van der Waals surface area contributed by atoms with Gasteiger partial charge in [0.05, 0.1) is 6.21 Å². The van der Waals surface area contributed by atoms with Gasteiger partial charge in [-0.15, -0.1) is 0 Å². The minimum Gasteiger partial charge on any atom is -0.507 e. The second-order valence-electron chi connectivity index (χ2n) is 3.54. The molecular weight excluding hydrogens is 234 g/mol. The summed E-state index contributed by atoms with van der Waals surface area (Å²) >= 11 is 5.02. The maximum absolute atomic E-state index is 9.48. The Kier molecular flexibility index (Phi) is 6.03. The van der Waals surface area contributed by atoms with E-state index in [0.29, 0.717) is 10.7 Å². The van der Waals surface area contributed by atoms with E-state index in [2.05, 4.69) is 22.8 Å². The molecule has 17 heavy (non-hydrogen) atoms. The van der Waals surface area contributed by atoms with Gasteiger partial charge in [-0.1, -0.05) is 25.5 Å². The summed E-state index contributed by atoms with van der Waals surface area (Å²) in [5.41, 5.74) is 3.35. The fourth-order valence-electron chi connectivity index (χ4n) is 1.18. The minimum absolute atomic E-state index is 0.197. The number of thiocarbonyl (C=S) groups is 1. The minimum atomic E-state index is 0.197. The lowest BCUT2D eigenvalue weighted by Gasteiger charge is -2.05. The van der Waals surface area contributed by atoms with Crippen LogP contribution in [0.25, 0.3) is 0 Å². The Hall–Kier alpha value is -1.62. The molecule has 0 amide bonds. The molecule has 3 N–H and O–H groups in total. The highest BCUT2D eigenvalue weighted by Crippen LogP contribution is 2.12. The maximum Gasteiger partial charge on any atom is 0.186 e. The van der Waals surface area contributed by atoms with E-state index < -0.39 is 0 Å². The zero-order valence-electron chi connectivity index (χ0n) is 9.81. The normalized spacial score (nSPS) is 10.4. The fourth-order valence-corrected chi connectivity index (χ4v) is 1.33. The van der Waals surface area contributed by atoms with Crippen molar-refractivity contribution in [1.29, 1.82) is 0 Å². The number of hydrogen-bond donors (Lipinski definition) is 3. The van der Waals surface area contributed by atoms with Crippen molar-refractivity contribution >= 4 is 23.5 Å². The number of unbranched alkanes of at least 4 members (excludes halogenated alkanes) is 1. The van der Waals surface area contributed by atoms with Crippen LogP contribution in [-0.2, 0) is 0 Å². The number of nitrogens with zero attached hydrogens (tertiary/aromatic N) is 1. The van der Waals surface area contributed by atoms with Gasteiger partial charge < -0.3 is 10.4 Å². The van der Waals surface area contributed by atoms with Gasteiger partial charge >= 0.3 is 0 Å². The van der Waals surface area contributed by atoms with Crippen molar-refractivity contribution in [1.82, 2.24) is 10.7 Å². The molecule has 0 bridgehead atoms. The molecule has 1 rings (SSSR count). The highest BCUT2D eigenvalue weighted by atomic mass is 32.1. The summed E-state index contributed by atoms with van der Waals surface area (Å²) in [4.78, 5) is 0. The Balaban J connectivity index is 2.35. The Morgan fingerprint density at radius 1 is 1.47 bits per heavy atom. The van der Waals surface area contributed by atoms with Gasteiger partial charge in [0, 0.05) is 12.1 Å². The number of hydrogen-bond acceptors (Lipinski definition) is 3. The summed E-state index contributed by atoms with van der Waals surface area (Å²) in [5.74, 6) is 0.197. The molecule has 0 unspecified atom stereocenters. The first-order valence-electron chi connectivity index (χ1n) is 5.59. The second-order valence-corrected chi connectivity index (χ2v) is 3.95. The van der Waals surface area contributed by atoms with Crippen molar-refractivity contribution in [2.75, 3.05) is 6.54 Å². The van der Waals surface area contributed by atoms with Gasteiger partial charge in [-0.25, -0.2) is 0 Å². The number of phenolic OH excluding ortho intramolecular Hbond substituents is 1. The Labute approximate surface area is 107 Å². The van der Waals surface area contributed by atoms with Gasteiger partial charge in [-0.2, -0.15) is 5.10 Å². The number of nitrogens with one attached hydrogen (secondary N) is 2. The standard InChI is InChI=1S/C12H17N3OS/c1-2-3-8-13-12(17)15-14-9-10-6-4-5-7-11(10)16/h4-7,9,16H,2-3,8H2,1H3,(H2,13,15,17)/b14-9+. The van der Waals surface area contributed by atoms with Gasteiger partial charge in [0.1, 0.15) is 5.75 Å². The van der Waals surface area contributed by atoms with E-state index in [-0.39, 0.29) is 5.75 Å². The third-order valence-corrected chi connectivity index (χ3v) is 2.36. The molecule has 4 nitrogen and oxygen atoms in total. The van der Waals surface area contributed by atoms with Crippen LogP contribution in [0.1, 0.15) is 25.3 Å². The molecular formula is C12H17N3OS. The van der Waals surface area contributed by atoms with Crippen molar-refractivity contribution in [3.05, 3.63) is 29.8 Å². The Bertz CT molecular complexity index is 393. The van der Waals surface area contributed by atoms with E-state index in [1.165, 1.54) is 6.21 Å². The average molecular weight is 251 g/mol. The summed E-state index contributed by atoms with van der Waals surface area (Å²) in [5, 5.41) is 16.9. The van der Waals surface area contributed by atoms with Gasteiger partial charge in [-0.3, -0.25) is 5.43 Å². The maximum atomic E-state index is 9.48. The zero-order valence-corrected chi connectivity index (χ0v) is 10.6. The molecule has 0 heterocycles. The monoisotopic (exact) mass is 251 g/mol. The SMILES string of the molecule is CCCCNC(=S)N/N=C/c1ccccc1O. The van der Waals surface area contributed by atoms with Crippen LogP contribution in [0.15, 0.2) is 29.4 Å². The molecule has 0 aliphatic rings. The summed E-state index contributed by atoms with van der Waals surface area (Å²) in [6.07, 6.45) is 3.73. The summed E-state index contributed by atoms with van der Waals surface area (Å²) in [6.45, 7) is 2.96. The van der Waals surface area contributed by atoms with Crippen molar-refractivity contribution in [2.24, 2.45) is 5.10 Å². The molecule has 0 fully saturated rings. The number of benzene rings is 1. The quantitative estimate of drug-likeness (QED) is 0.324. The molecule has 1 aromatic rings. The zero-order chi connectivity index (χ0) is 12.5. The van der Waals surface area contributed by atoms with Crippen LogP contribution in [0.5, 0.6) is 5.75 Å². The fraction of sp³-hybridized carbons (Fsp3) is 0.333. The van der Waals surface area contributed by atoms with Crippen LogP contribution < -0.4 is 10.7 Å². The van der Waals surface area contributed by atoms with Crippen LogP contribution >= 0.6 is 12.2 Å². The van der Waals surface area contributed by atoms with E-state index >= 15 is 0 Å². The molecule has 0 aliphatic heterocycles. The highest BCUT2D eigenvalue weighted by Gasteiger charge is 1.95. The first-order valence-corrected chi connectivity index (χ1v) is 5.99. The Morgan fingerprint density at radius 3 is 2.94 bits per heavy atom. The van der Waals surface area contributed by atoms with Gasteiger partial charge in [-0.05, 0) is 30.8 Å². The molecule has 0 atom stereocenters. The van der Waals surface area contributed by atoms with Gasteiger partial charge in [0.15, 0.2) is 5.11 Å². The number of hydrazone groups is 1. The van der Waals surface area contributed by atoms with Crippen LogP contribution in [0.4, 0.5) is 0 Å². The number of phenols is 1. The highest BCUT2D eigenvalue weighted by molar-refractivity contribution is 7.80. The van der Waals surface area contributed by atoms with Crippen LogP contribution in [-0.4, -0.2) is 23.0 Å². The topological polar surface area (TPSA) is 56.7 Å². The van der Waals surface area contributed by atoms with Crippen LogP contribution in [0, 0.1) is 0 Å². The molecule has 0 spiro atoms. The number of aromatic hydroxyl groups is 1. The molecule has 92 valence electrons. The average Bonchev–Trinajstić information content (AvgIpc) is 2.32. The molecule has 5 heteroatoms. The first-order chi connectivity index (χ1) is 8.24. The van der Waals surface area contributed by atoms with E-state index in [1.807, 2.05) is 6.07 Å². The van der Waals surface area contributed by atoms with Crippen molar-refractivity contribution < 1.29 is 5.11 Å². The largest absolute Gasteiger partial charge is 0.507 e. The predicted molar refractivity (Wildman–Crippen MR) is 74.3 cm³/mol. The smallest absolute Gasteiger partial charge is 0.186 e. The van der Waals surface area contributed by atoms with Crippen molar-refractivity contribution in [3.8, 4) is 5.75 Å². The molecule has 1 aromatic carbocycles. The van der Waals surface area contributed by atoms with E-state index in [1.54, 1.807) is 18.2 Å². The van der Waals surface area contributed by atoms with Crippen LogP contribution in [0.2, 0.25) is 0 Å². The third kappa shape index (κ3) is 5.31. The van der Waals surface area contributed by atoms with Crippen molar-refractivity contribution in [3.63, 3.8) is 0 Å². The number of rotatable bonds is 5. The Morgan fingerprint density at radius 2 is 2.24 bits per heavy atom. The molecule has 0 saturated carbocycles. The van der Waals surface area contributed by atoms with E-state index in [9.17, 15) is 5.11 Å². The lowest BCUT2D eigenvalue weighted by atomic mass is 10.2. The third-order valence-electron chi connectivity index (χ3n) is 2.12. The molecule has 0 radical (unpaired) electrons. The van der Waals surface area contributed by atoms with E-state index in [4.69, 9.17) is 12.2 Å². The van der Waals surface area contributed by atoms with Gasteiger partial charge in [0.2, 0.25) is 0 Å². The summed E-state index contributed by atoms with van der Waals surface area (Å²) in [7, 11) is 0. The van der Waals surface area contributed by atoms with Crippen LogP contribution in [0.3, 0.4) is 0 Å². The molecule has 0 aromatic heterocycles.